The molecule has 4 heteroatoms. The summed E-state index contributed by atoms with van der Waals surface area (Å²) in [5.74, 6) is 0.0774. The average molecular weight is 234 g/mol. The van der Waals surface area contributed by atoms with E-state index in [1.165, 1.54) is 0 Å². The minimum atomic E-state index is -0.0562. The predicted octanol–water partition coefficient (Wildman–Crippen LogP) is 1.12. The normalized spacial score (nSPS) is 19.9. The predicted molar refractivity (Wildman–Crippen MR) is 66.6 cm³/mol. The van der Waals surface area contributed by atoms with Gasteiger partial charge in [-0.25, -0.2) is 0 Å². The Hall–Kier alpha value is -1.39. The van der Waals surface area contributed by atoms with Crippen LogP contribution in [0.1, 0.15) is 18.4 Å². The number of hydrogen-bond acceptors (Lipinski definition) is 3. The molecule has 1 aliphatic heterocycles. The molecule has 0 unspecified atom stereocenters. The molecule has 1 aromatic rings. The molecular formula is C13H18N2O2. The van der Waals surface area contributed by atoms with Gasteiger partial charge in [-0.1, -0.05) is 18.2 Å². The molecule has 1 aromatic carbocycles. The summed E-state index contributed by atoms with van der Waals surface area (Å²) in [6.07, 6.45) is 1.97. The summed E-state index contributed by atoms with van der Waals surface area (Å²) >= 11 is 0. The number of nitrogens with one attached hydrogen (secondary N) is 2. The Kier molecular flexibility index (Phi) is 4.12. The highest BCUT2D eigenvalue weighted by molar-refractivity contribution is 5.93. The fourth-order valence-electron chi connectivity index (χ4n) is 2.09. The van der Waals surface area contributed by atoms with Crippen molar-refractivity contribution in [3.63, 3.8) is 0 Å². The third kappa shape index (κ3) is 3.05. The molecule has 1 atom stereocenters. The maximum atomic E-state index is 12.0. The molecular weight excluding hydrogens is 216 g/mol. The van der Waals surface area contributed by atoms with Crippen LogP contribution in [0.25, 0.3) is 0 Å². The third-order valence-corrected chi connectivity index (χ3v) is 3.11. The second-order valence-electron chi connectivity index (χ2n) is 4.35. The summed E-state index contributed by atoms with van der Waals surface area (Å²) in [5, 5.41) is 15.3. The minimum absolute atomic E-state index is 0.0375. The number of aliphatic hydroxyl groups is 1. The largest absolute Gasteiger partial charge is 0.392 e. The highest BCUT2D eigenvalue weighted by Crippen LogP contribution is 2.18. The molecule has 0 saturated carbocycles. The van der Waals surface area contributed by atoms with Crippen LogP contribution in [0, 0.1) is 5.92 Å². The van der Waals surface area contributed by atoms with Crippen LogP contribution < -0.4 is 10.6 Å². The lowest BCUT2D eigenvalue weighted by atomic mass is 9.98. The number of amides is 1. The van der Waals surface area contributed by atoms with E-state index in [0.717, 1.165) is 31.5 Å². The van der Waals surface area contributed by atoms with Gasteiger partial charge in [-0.15, -0.1) is 0 Å². The number of para-hydroxylation sites is 1. The quantitative estimate of drug-likeness (QED) is 0.734. The number of piperidine rings is 1. The van der Waals surface area contributed by atoms with Gasteiger partial charge in [0.15, 0.2) is 0 Å². The first kappa shape index (κ1) is 12.1. The summed E-state index contributed by atoms with van der Waals surface area (Å²) in [5.41, 5.74) is 1.47. The Morgan fingerprint density at radius 2 is 2.29 bits per heavy atom. The van der Waals surface area contributed by atoms with Crippen LogP contribution in [0.2, 0.25) is 0 Å². The molecule has 1 saturated heterocycles. The number of carbonyl (C=O) groups is 1. The van der Waals surface area contributed by atoms with Gasteiger partial charge in [-0.3, -0.25) is 4.79 Å². The van der Waals surface area contributed by atoms with E-state index in [0.29, 0.717) is 5.69 Å². The maximum Gasteiger partial charge on any atom is 0.228 e. The summed E-state index contributed by atoms with van der Waals surface area (Å²) in [6.45, 7) is 1.68. The molecule has 17 heavy (non-hydrogen) atoms. The van der Waals surface area contributed by atoms with Crippen molar-refractivity contribution < 1.29 is 9.90 Å². The number of hydrogen-bond donors (Lipinski definition) is 3. The van der Waals surface area contributed by atoms with Crippen LogP contribution in [-0.4, -0.2) is 24.1 Å². The Morgan fingerprint density at radius 3 is 3.00 bits per heavy atom. The zero-order valence-electron chi connectivity index (χ0n) is 9.78. The lowest BCUT2D eigenvalue weighted by molar-refractivity contribution is -0.120. The number of benzene rings is 1. The molecule has 1 aliphatic rings. The molecule has 3 N–H and O–H groups in total. The lowest BCUT2D eigenvalue weighted by Crippen LogP contribution is -2.37. The Balaban J connectivity index is 2.01. The second-order valence-corrected chi connectivity index (χ2v) is 4.35. The fraction of sp³-hybridized carbons (Fsp3) is 0.462. The van der Waals surface area contributed by atoms with Crippen LogP contribution >= 0.6 is 0 Å². The van der Waals surface area contributed by atoms with Gasteiger partial charge in [-0.05, 0) is 25.5 Å². The summed E-state index contributed by atoms with van der Waals surface area (Å²) < 4.78 is 0. The first-order valence-electron chi connectivity index (χ1n) is 6.01. The van der Waals surface area contributed by atoms with Crippen molar-refractivity contribution in [2.75, 3.05) is 18.4 Å². The Labute approximate surface area is 101 Å². The number of carbonyl (C=O) groups excluding carboxylic acids is 1. The van der Waals surface area contributed by atoms with Gasteiger partial charge >= 0.3 is 0 Å². The number of aliphatic hydroxyl groups excluding tert-OH is 1. The number of anilines is 1. The van der Waals surface area contributed by atoms with E-state index in [-0.39, 0.29) is 18.4 Å². The molecule has 0 spiro atoms. The van der Waals surface area contributed by atoms with E-state index in [1.807, 2.05) is 24.3 Å². The molecule has 92 valence electrons. The smallest absolute Gasteiger partial charge is 0.228 e. The molecule has 1 fully saturated rings. The molecule has 4 nitrogen and oxygen atoms in total. The van der Waals surface area contributed by atoms with Crippen molar-refractivity contribution >= 4 is 11.6 Å². The Morgan fingerprint density at radius 1 is 1.47 bits per heavy atom. The number of rotatable bonds is 3. The highest BCUT2D eigenvalue weighted by Gasteiger charge is 2.21. The van der Waals surface area contributed by atoms with Gasteiger partial charge in [0.1, 0.15) is 0 Å². The first-order chi connectivity index (χ1) is 8.31. The minimum Gasteiger partial charge on any atom is -0.392 e. The SMILES string of the molecule is O=C(Nc1ccccc1CO)[C@H]1CCCNC1. The third-order valence-electron chi connectivity index (χ3n) is 3.11. The van der Waals surface area contributed by atoms with Crippen LogP contribution in [-0.2, 0) is 11.4 Å². The van der Waals surface area contributed by atoms with Crippen molar-refractivity contribution in [3.05, 3.63) is 29.8 Å². The van der Waals surface area contributed by atoms with E-state index in [2.05, 4.69) is 10.6 Å². The van der Waals surface area contributed by atoms with E-state index in [4.69, 9.17) is 0 Å². The van der Waals surface area contributed by atoms with Gasteiger partial charge in [0.05, 0.1) is 12.5 Å². The molecule has 1 amide bonds. The zero-order valence-corrected chi connectivity index (χ0v) is 9.78. The van der Waals surface area contributed by atoms with Crippen molar-refractivity contribution in [3.8, 4) is 0 Å². The van der Waals surface area contributed by atoms with Crippen molar-refractivity contribution in [2.24, 2.45) is 5.92 Å². The standard InChI is InChI=1S/C13H18N2O2/c16-9-11-4-1-2-6-12(11)15-13(17)10-5-3-7-14-8-10/h1-2,4,6,10,14,16H,3,5,7-9H2,(H,15,17)/t10-/m0/s1. The van der Waals surface area contributed by atoms with Crippen molar-refractivity contribution in [1.29, 1.82) is 0 Å². The van der Waals surface area contributed by atoms with Crippen LogP contribution in [0.3, 0.4) is 0 Å². The van der Waals surface area contributed by atoms with Gasteiger partial charge < -0.3 is 15.7 Å². The molecule has 0 radical (unpaired) electrons. The van der Waals surface area contributed by atoms with Crippen LogP contribution in [0.4, 0.5) is 5.69 Å². The van der Waals surface area contributed by atoms with Crippen molar-refractivity contribution in [2.45, 2.75) is 19.4 Å². The van der Waals surface area contributed by atoms with E-state index in [1.54, 1.807) is 0 Å². The van der Waals surface area contributed by atoms with Crippen LogP contribution in [0.15, 0.2) is 24.3 Å². The van der Waals surface area contributed by atoms with Crippen LogP contribution in [0.5, 0.6) is 0 Å². The summed E-state index contributed by atoms with van der Waals surface area (Å²) in [6, 6.07) is 7.34. The van der Waals surface area contributed by atoms with E-state index >= 15 is 0 Å². The second kappa shape index (κ2) is 5.80. The Bertz CT molecular complexity index is 387. The average Bonchev–Trinajstić information content (AvgIpc) is 2.40. The molecule has 0 aromatic heterocycles. The van der Waals surface area contributed by atoms with E-state index in [9.17, 15) is 9.90 Å². The maximum absolute atomic E-state index is 12.0. The topological polar surface area (TPSA) is 61.4 Å². The summed E-state index contributed by atoms with van der Waals surface area (Å²) in [4.78, 5) is 12.0. The first-order valence-corrected chi connectivity index (χ1v) is 6.01. The van der Waals surface area contributed by atoms with Crippen molar-refractivity contribution in [1.82, 2.24) is 5.32 Å². The van der Waals surface area contributed by atoms with Gasteiger partial charge in [0, 0.05) is 17.8 Å². The van der Waals surface area contributed by atoms with E-state index < -0.39 is 0 Å². The highest BCUT2D eigenvalue weighted by atomic mass is 16.3. The fourth-order valence-corrected chi connectivity index (χ4v) is 2.09. The van der Waals surface area contributed by atoms with Gasteiger partial charge in [-0.2, -0.15) is 0 Å². The van der Waals surface area contributed by atoms with Gasteiger partial charge in [0.25, 0.3) is 0 Å². The molecule has 1 heterocycles. The van der Waals surface area contributed by atoms with Gasteiger partial charge in [0.2, 0.25) is 5.91 Å². The summed E-state index contributed by atoms with van der Waals surface area (Å²) in [7, 11) is 0. The molecule has 0 bridgehead atoms. The molecule has 0 aliphatic carbocycles. The monoisotopic (exact) mass is 234 g/mol. The lowest BCUT2D eigenvalue weighted by Gasteiger charge is -2.22. The zero-order chi connectivity index (χ0) is 12.1. The molecule has 2 rings (SSSR count).